The third-order valence-corrected chi connectivity index (χ3v) is 5.95. The van der Waals surface area contributed by atoms with E-state index in [-0.39, 0.29) is 6.10 Å². The molecule has 3 heterocycles. The van der Waals surface area contributed by atoms with E-state index in [9.17, 15) is 0 Å². The molecule has 2 aliphatic rings. The van der Waals surface area contributed by atoms with Gasteiger partial charge in [0.1, 0.15) is 13.2 Å². The maximum Gasteiger partial charge on any atom is 0.206 e. The zero-order chi connectivity index (χ0) is 20.2. The Bertz CT molecular complexity index is 1100. The van der Waals surface area contributed by atoms with Crippen molar-refractivity contribution < 1.29 is 14.2 Å². The van der Waals surface area contributed by atoms with E-state index in [0.717, 1.165) is 52.6 Å². The molecule has 0 N–H and O–H groups in total. The van der Waals surface area contributed by atoms with Crippen molar-refractivity contribution in [2.75, 3.05) is 26.4 Å². The van der Waals surface area contributed by atoms with Crippen LogP contribution in [0.25, 0.3) is 11.3 Å². The van der Waals surface area contributed by atoms with Crippen molar-refractivity contribution >= 4 is 17.6 Å². The van der Waals surface area contributed by atoms with Crippen LogP contribution in [0.3, 0.4) is 0 Å². The van der Waals surface area contributed by atoms with Crippen LogP contribution in [0, 0.1) is 0 Å². The van der Waals surface area contributed by atoms with Crippen LogP contribution in [0.2, 0.25) is 0 Å². The lowest BCUT2D eigenvalue weighted by molar-refractivity contribution is 0.117. The minimum absolute atomic E-state index is 0.205. The number of aromatic nitrogens is 1. The first-order valence-corrected chi connectivity index (χ1v) is 11.1. The topological polar surface area (TPSA) is 57.3 Å². The number of hydrogen-bond acceptors (Lipinski definition) is 6. The predicted octanol–water partition coefficient (Wildman–Crippen LogP) is 3.95. The van der Waals surface area contributed by atoms with Crippen molar-refractivity contribution in [2.24, 2.45) is 10.1 Å². The first kappa shape index (κ1) is 19.1. The summed E-state index contributed by atoms with van der Waals surface area (Å²) >= 11 is 1.58. The Morgan fingerprint density at radius 3 is 2.73 bits per heavy atom. The molecule has 0 unspecified atom stereocenters. The molecule has 6 nitrogen and oxygen atoms in total. The SMILES string of the molecule is C(=N/n1c(-c2ccc3c(c2)OCCO3)csc1=NC[C@H]1CCCO1)/c1ccccc1. The largest absolute Gasteiger partial charge is 0.486 e. The van der Waals surface area contributed by atoms with Crippen LogP contribution in [0.4, 0.5) is 0 Å². The van der Waals surface area contributed by atoms with Gasteiger partial charge in [0, 0.05) is 17.6 Å². The molecular weight excluding hydrogens is 398 g/mol. The second kappa shape index (κ2) is 8.85. The van der Waals surface area contributed by atoms with Gasteiger partial charge in [0.15, 0.2) is 11.5 Å². The van der Waals surface area contributed by atoms with E-state index in [1.54, 1.807) is 11.3 Å². The van der Waals surface area contributed by atoms with Gasteiger partial charge in [-0.05, 0) is 36.6 Å². The number of rotatable bonds is 5. The average molecular weight is 422 g/mol. The number of nitrogens with zero attached hydrogens (tertiary/aromatic N) is 3. The zero-order valence-corrected chi connectivity index (χ0v) is 17.4. The van der Waals surface area contributed by atoms with Gasteiger partial charge in [0.25, 0.3) is 0 Å². The Balaban J connectivity index is 1.53. The Kier molecular flexibility index (Phi) is 5.63. The maximum absolute atomic E-state index is 5.77. The minimum atomic E-state index is 0.205. The summed E-state index contributed by atoms with van der Waals surface area (Å²) in [5.74, 6) is 1.55. The normalized spacial score (nSPS) is 18.9. The van der Waals surface area contributed by atoms with Crippen LogP contribution in [0.15, 0.2) is 64.0 Å². The highest BCUT2D eigenvalue weighted by molar-refractivity contribution is 7.07. The summed E-state index contributed by atoms with van der Waals surface area (Å²) < 4.78 is 19.1. The van der Waals surface area contributed by atoms with Crippen molar-refractivity contribution in [3.05, 3.63) is 64.3 Å². The summed E-state index contributed by atoms with van der Waals surface area (Å²) in [5, 5.41) is 6.85. The highest BCUT2D eigenvalue weighted by atomic mass is 32.1. The molecule has 0 saturated carbocycles. The summed E-state index contributed by atoms with van der Waals surface area (Å²) in [6.07, 6.45) is 4.24. The average Bonchev–Trinajstić information content (AvgIpc) is 3.46. The number of fused-ring (bicyclic) bond motifs is 1. The molecule has 3 aromatic rings. The number of hydrogen-bond donors (Lipinski definition) is 0. The van der Waals surface area contributed by atoms with Crippen molar-refractivity contribution in [1.82, 2.24) is 4.68 Å². The van der Waals surface area contributed by atoms with Gasteiger partial charge in [-0.2, -0.15) is 5.10 Å². The van der Waals surface area contributed by atoms with E-state index in [1.165, 1.54) is 0 Å². The molecule has 5 rings (SSSR count). The Morgan fingerprint density at radius 2 is 1.90 bits per heavy atom. The van der Waals surface area contributed by atoms with E-state index >= 15 is 0 Å². The summed E-state index contributed by atoms with van der Waals surface area (Å²) in [5.41, 5.74) is 3.02. The van der Waals surface area contributed by atoms with Crippen LogP contribution >= 0.6 is 11.3 Å². The standard InChI is InChI=1S/C23H23N3O3S/c1-2-5-17(6-3-1)14-25-26-20(16-30-23(26)24-15-19-7-4-10-27-19)18-8-9-21-22(13-18)29-12-11-28-21/h1-3,5-6,8-9,13-14,16,19H,4,7,10-12,15H2/b24-23?,25-14-/t19-/m1/s1. The van der Waals surface area contributed by atoms with Gasteiger partial charge in [-0.3, -0.25) is 4.99 Å². The van der Waals surface area contributed by atoms with Gasteiger partial charge in [-0.15, -0.1) is 11.3 Å². The molecular formula is C23H23N3O3S. The molecule has 1 atom stereocenters. The summed E-state index contributed by atoms with van der Waals surface area (Å²) in [7, 11) is 0. The summed E-state index contributed by atoms with van der Waals surface area (Å²) in [6, 6.07) is 16.1. The number of benzene rings is 2. The molecule has 154 valence electrons. The van der Waals surface area contributed by atoms with E-state index in [4.69, 9.17) is 24.3 Å². The predicted molar refractivity (Wildman–Crippen MR) is 118 cm³/mol. The fraction of sp³-hybridized carbons (Fsp3) is 0.304. The van der Waals surface area contributed by atoms with Gasteiger partial charge < -0.3 is 14.2 Å². The Hall–Kier alpha value is -2.90. The number of ether oxygens (including phenoxy) is 3. The highest BCUT2D eigenvalue weighted by Gasteiger charge is 2.17. The van der Waals surface area contributed by atoms with Crippen LogP contribution in [-0.4, -0.2) is 43.4 Å². The lowest BCUT2D eigenvalue weighted by atomic mass is 10.1. The fourth-order valence-electron chi connectivity index (χ4n) is 3.55. The quantitative estimate of drug-likeness (QED) is 0.586. The van der Waals surface area contributed by atoms with E-state index < -0.39 is 0 Å². The molecule has 0 bridgehead atoms. The van der Waals surface area contributed by atoms with Crippen molar-refractivity contribution in [1.29, 1.82) is 0 Å². The van der Waals surface area contributed by atoms with Crippen molar-refractivity contribution in [3.63, 3.8) is 0 Å². The molecule has 1 saturated heterocycles. The van der Waals surface area contributed by atoms with E-state index in [0.29, 0.717) is 19.8 Å². The molecule has 7 heteroatoms. The second-order valence-corrected chi connectivity index (χ2v) is 8.04. The number of thiazole rings is 1. The molecule has 0 amide bonds. The van der Waals surface area contributed by atoms with Gasteiger partial charge >= 0.3 is 0 Å². The van der Waals surface area contributed by atoms with Crippen LogP contribution < -0.4 is 14.3 Å². The molecule has 2 aliphatic heterocycles. The molecule has 1 aromatic heterocycles. The first-order chi connectivity index (χ1) is 14.9. The molecule has 0 aliphatic carbocycles. The highest BCUT2D eigenvalue weighted by Crippen LogP contribution is 2.34. The third-order valence-electron chi connectivity index (χ3n) is 5.10. The molecule has 30 heavy (non-hydrogen) atoms. The van der Waals surface area contributed by atoms with Crippen molar-refractivity contribution in [2.45, 2.75) is 18.9 Å². The Labute approximate surface area is 179 Å². The van der Waals surface area contributed by atoms with Crippen LogP contribution in [-0.2, 0) is 4.74 Å². The van der Waals surface area contributed by atoms with Gasteiger partial charge in [-0.1, -0.05) is 30.3 Å². The summed E-state index contributed by atoms with van der Waals surface area (Å²) in [6.45, 7) is 2.63. The van der Waals surface area contributed by atoms with E-state index in [1.807, 2.05) is 59.4 Å². The third kappa shape index (κ3) is 4.17. The molecule has 1 fully saturated rings. The zero-order valence-electron chi connectivity index (χ0n) is 16.6. The lowest BCUT2D eigenvalue weighted by Gasteiger charge is -2.18. The summed E-state index contributed by atoms with van der Waals surface area (Å²) in [4.78, 5) is 5.67. The monoisotopic (exact) mass is 421 g/mol. The van der Waals surface area contributed by atoms with Crippen LogP contribution in [0.5, 0.6) is 11.5 Å². The second-order valence-electron chi connectivity index (χ2n) is 7.20. The smallest absolute Gasteiger partial charge is 0.206 e. The molecule has 0 radical (unpaired) electrons. The molecule has 0 spiro atoms. The van der Waals surface area contributed by atoms with E-state index in [2.05, 4.69) is 5.38 Å². The first-order valence-electron chi connectivity index (χ1n) is 10.2. The maximum atomic E-state index is 5.77. The Morgan fingerprint density at radius 1 is 1.03 bits per heavy atom. The lowest BCUT2D eigenvalue weighted by Crippen LogP contribution is -2.17. The molecule has 2 aromatic carbocycles. The van der Waals surface area contributed by atoms with Crippen molar-refractivity contribution in [3.8, 4) is 22.8 Å². The fourth-order valence-corrected chi connectivity index (χ4v) is 4.40. The van der Waals surface area contributed by atoms with Crippen LogP contribution in [0.1, 0.15) is 18.4 Å². The minimum Gasteiger partial charge on any atom is -0.486 e. The van der Waals surface area contributed by atoms with Gasteiger partial charge in [0.2, 0.25) is 4.80 Å². The van der Waals surface area contributed by atoms with Gasteiger partial charge in [0.05, 0.1) is 24.6 Å². The van der Waals surface area contributed by atoms with Gasteiger partial charge in [-0.25, -0.2) is 4.68 Å².